The van der Waals surface area contributed by atoms with Crippen molar-refractivity contribution in [1.82, 2.24) is 0 Å². The number of methoxy groups -OCH3 is 2. The Bertz CT molecular complexity index is 820. The van der Waals surface area contributed by atoms with Crippen molar-refractivity contribution < 1.29 is 24.2 Å². The smallest absolute Gasteiger partial charge is 0.201 e. The second-order valence-corrected chi connectivity index (χ2v) is 5.02. The van der Waals surface area contributed by atoms with Gasteiger partial charge in [0.05, 0.1) is 25.3 Å². The van der Waals surface area contributed by atoms with Crippen molar-refractivity contribution in [3.8, 4) is 17.2 Å². The van der Waals surface area contributed by atoms with E-state index in [4.69, 9.17) is 9.47 Å². The van der Waals surface area contributed by atoms with E-state index in [9.17, 15) is 14.7 Å². The lowest BCUT2D eigenvalue weighted by molar-refractivity contribution is 0.0973. The van der Waals surface area contributed by atoms with E-state index in [2.05, 4.69) is 0 Å². The Balaban J connectivity index is 2.37. The van der Waals surface area contributed by atoms with Crippen LogP contribution in [-0.4, -0.2) is 30.9 Å². The molecule has 0 saturated heterocycles. The minimum Gasteiger partial charge on any atom is -0.507 e. The first-order chi connectivity index (χ1) is 10.5. The Morgan fingerprint density at radius 3 is 2.23 bits per heavy atom. The summed E-state index contributed by atoms with van der Waals surface area (Å²) in [6, 6.07) is 6.33. The lowest BCUT2D eigenvalue weighted by atomic mass is 9.82. The fraction of sp³-hybridized carbons (Fsp3) is 0.176. The summed E-state index contributed by atoms with van der Waals surface area (Å²) in [4.78, 5) is 25.5. The molecule has 2 aromatic carbocycles. The molecule has 2 aromatic rings. The second kappa shape index (κ2) is 4.87. The molecule has 0 amide bonds. The number of hydrogen-bond donors (Lipinski definition) is 1. The largest absolute Gasteiger partial charge is 0.507 e. The van der Waals surface area contributed by atoms with Gasteiger partial charge in [0.25, 0.3) is 0 Å². The number of phenolic OH excluding ortho intramolecular Hbond substituents is 1. The predicted molar refractivity (Wildman–Crippen MR) is 79.3 cm³/mol. The van der Waals surface area contributed by atoms with Crippen LogP contribution in [0.25, 0.3) is 0 Å². The molecule has 0 spiro atoms. The Hall–Kier alpha value is -2.82. The number of hydrogen-bond acceptors (Lipinski definition) is 5. The minimum absolute atomic E-state index is 0.000278. The van der Waals surface area contributed by atoms with E-state index in [0.29, 0.717) is 17.1 Å². The van der Waals surface area contributed by atoms with Crippen LogP contribution in [0.3, 0.4) is 0 Å². The molecule has 0 saturated carbocycles. The lowest BCUT2D eigenvalue weighted by Crippen LogP contribution is -2.22. The van der Waals surface area contributed by atoms with Crippen LogP contribution < -0.4 is 9.47 Å². The number of rotatable bonds is 2. The molecule has 0 aliphatic heterocycles. The van der Waals surface area contributed by atoms with Crippen molar-refractivity contribution in [1.29, 1.82) is 0 Å². The summed E-state index contributed by atoms with van der Waals surface area (Å²) >= 11 is 0. The molecule has 3 rings (SSSR count). The van der Waals surface area contributed by atoms with E-state index in [1.807, 2.05) is 0 Å². The fourth-order valence-electron chi connectivity index (χ4n) is 2.76. The van der Waals surface area contributed by atoms with E-state index in [-0.39, 0.29) is 33.8 Å². The van der Waals surface area contributed by atoms with E-state index in [1.165, 1.54) is 20.3 Å². The normalized spacial score (nSPS) is 12.7. The molecule has 5 nitrogen and oxygen atoms in total. The van der Waals surface area contributed by atoms with E-state index >= 15 is 0 Å². The van der Waals surface area contributed by atoms with Crippen LogP contribution in [-0.2, 0) is 0 Å². The van der Waals surface area contributed by atoms with Gasteiger partial charge in [-0.25, -0.2) is 0 Å². The Morgan fingerprint density at radius 1 is 0.909 bits per heavy atom. The first-order valence-electron chi connectivity index (χ1n) is 6.68. The summed E-state index contributed by atoms with van der Waals surface area (Å²) in [5.41, 5.74) is 1.01. The van der Waals surface area contributed by atoms with Gasteiger partial charge >= 0.3 is 0 Å². The average molecular weight is 298 g/mol. The maximum atomic E-state index is 12.8. The van der Waals surface area contributed by atoms with Gasteiger partial charge in [0, 0.05) is 16.7 Å². The second-order valence-electron chi connectivity index (χ2n) is 5.02. The van der Waals surface area contributed by atoms with Crippen molar-refractivity contribution in [2.45, 2.75) is 6.92 Å². The summed E-state index contributed by atoms with van der Waals surface area (Å²) in [7, 11) is 2.88. The van der Waals surface area contributed by atoms with Gasteiger partial charge in [-0.2, -0.15) is 0 Å². The van der Waals surface area contributed by atoms with Gasteiger partial charge in [-0.15, -0.1) is 0 Å². The predicted octanol–water partition coefficient (Wildman–Crippen LogP) is 2.49. The minimum atomic E-state index is -0.426. The molecule has 0 atom stereocenters. The van der Waals surface area contributed by atoms with Crippen molar-refractivity contribution in [3.05, 3.63) is 52.1 Å². The number of fused-ring (bicyclic) bond motifs is 2. The molecule has 22 heavy (non-hydrogen) atoms. The van der Waals surface area contributed by atoms with Crippen LogP contribution in [0.1, 0.15) is 37.4 Å². The number of carbonyl (C=O) groups excluding carboxylic acids is 2. The number of ketones is 2. The van der Waals surface area contributed by atoms with Crippen LogP contribution >= 0.6 is 0 Å². The van der Waals surface area contributed by atoms with E-state index in [1.54, 1.807) is 25.1 Å². The first-order valence-corrected chi connectivity index (χ1v) is 6.68. The van der Waals surface area contributed by atoms with Crippen LogP contribution in [0.15, 0.2) is 24.3 Å². The number of ether oxygens (including phenoxy) is 2. The lowest BCUT2D eigenvalue weighted by Gasteiger charge is -2.22. The number of carbonyl (C=O) groups is 2. The van der Waals surface area contributed by atoms with Gasteiger partial charge in [-0.3, -0.25) is 9.59 Å². The van der Waals surface area contributed by atoms with Crippen molar-refractivity contribution in [3.63, 3.8) is 0 Å². The summed E-state index contributed by atoms with van der Waals surface area (Å²) in [6.07, 6.45) is 0. The Morgan fingerprint density at radius 2 is 1.59 bits per heavy atom. The highest BCUT2D eigenvalue weighted by molar-refractivity contribution is 6.30. The molecule has 1 aliphatic carbocycles. The molecule has 112 valence electrons. The number of benzene rings is 2. The number of phenols is 1. The van der Waals surface area contributed by atoms with Gasteiger partial charge < -0.3 is 14.6 Å². The van der Waals surface area contributed by atoms with Gasteiger partial charge in [-0.05, 0) is 19.1 Å². The number of aromatic hydroxyl groups is 1. The summed E-state index contributed by atoms with van der Waals surface area (Å²) in [5, 5.41) is 10.3. The highest BCUT2D eigenvalue weighted by Crippen LogP contribution is 2.41. The molecular formula is C17H14O5. The van der Waals surface area contributed by atoms with Gasteiger partial charge in [0.15, 0.2) is 5.78 Å². The zero-order valence-electron chi connectivity index (χ0n) is 12.4. The molecular weight excluding hydrogens is 284 g/mol. The molecule has 0 fully saturated rings. The third kappa shape index (κ3) is 1.72. The summed E-state index contributed by atoms with van der Waals surface area (Å²) < 4.78 is 10.3. The topological polar surface area (TPSA) is 72.8 Å². The fourth-order valence-corrected chi connectivity index (χ4v) is 2.76. The van der Waals surface area contributed by atoms with Crippen LogP contribution in [0, 0.1) is 6.92 Å². The van der Waals surface area contributed by atoms with Crippen molar-refractivity contribution in [2.75, 3.05) is 14.2 Å². The van der Waals surface area contributed by atoms with Gasteiger partial charge in [0.1, 0.15) is 17.2 Å². The zero-order valence-corrected chi connectivity index (χ0v) is 12.4. The van der Waals surface area contributed by atoms with E-state index < -0.39 is 5.78 Å². The van der Waals surface area contributed by atoms with Gasteiger partial charge in [0.2, 0.25) is 5.78 Å². The van der Waals surface area contributed by atoms with Gasteiger partial charge in [-0.1, -0.05) is 12.1 Å². The first kappa shape index (κ1) is 14.1. The summed E-state index contributed by atoms with van der Waals surface area (Å²) in [5.74, 6) is -0.315. The molecule has 0 aromatic heterocycles. The third-order valence-corrected chi connectivity index (χ3v) is 3.92. The van der Waals surface area contributed by atoms with Crippen molar-refractivity contribution in [2.24, 2.45) is 0 Å². The highest BCUT2D eigenvalue weighted by atomic mass is 16.5. The molecule has 0 bridgehead atoms. The quantitative estimate of drug-likeness (QED) is 0.787. The molecule has 0 unspecified atom stereocenters. The highest BCUT2D eigenvalue weighted by Gasteiger charge is 2.35. The molecule has 5 heteroatoms. The zero-order chi connectivity index (χ0) is 16.0. The maximum Gasteiger partial charge on any atom is 0.201 e. The Labute approximate surface area is 127 Å². The van der Waals surface area contributed by atoms with E-state index in [0.717, 1.165) is 0 Å². The van der Waals surface area contributed by atoms with Crippen LogP contribution in [0.2, 0.25) is 0 Å². The third-order valence-electron chi connectivity index (χ3n) is 3.92. The molecule has 1 aliphatic rings. The molecule has 1 N–H and O–H groups in total. The molecule has 0 heterocycles. The SMILES string of the molecule is COc1cc2c(c(O)c1C)C(=O)c1c(OC)cccc1C2=O. The summed E-state index contributed by atoms with van der Waals surface area (Å²) in [6.45, 7) is 1.63. The van der Waals surface area contributed by atoms with Crippen LogP contribution in [0.4, 0.5) is 0 Å². The molecule has 0 radical (unpaired) electrons. The Kier molecular flexibility index (Phi) is 3.13. The monoisotopic (exact) mass is 298 g/mol. The standard InChI is InChI=1S/C17H14O5/c1-8-12(22-3)7-10-14(15(8)18)17(20)13-9(16(10)19)5-4-6-11(13)21-2/h4-7,18H,1-3H3. The maximum absolute atomic E-state index is 12.8. The van der Waals surface area contributed by atoms with Crippen LogP contribution in [0.5, 0.6) is 17.2 Å². The van der Waals surface area contributed by atoms with Crippen molar-refractivity contribution >= 4 is 11.6 Å². The average Bonchev–Trinajstić information content (AvgIpc) is 2.54.